The number of thioether (sulfide) groups is 1. The molecule has 2 amide bonds. The Labute approximate surface area is 167 Å². The van der Waals surface area contributed by atoms with Crippen molar-refractivity contribution < 1.29 is 9.59 Å². The van der Waals surface area contributed by atoms with Gasteiger partial charge < -0.3 is 9.80 Å². The number of rotatable bonds is 6. The van der Waals surface area contributed by atoms with Crippen LogP contribution < -0.4 is 0 Å². The average Bonchev–Trinajstić information content (AvgIpc) is 2.70. The first-order valence-electron chi connectivity index (χ1n) is 10.2. The summed E-state index contributed by atoms with van der Waals surface area (Å²) < 4.78 is 0. The van der Waals surface area contributed by atoms with Crippen molar-refractivity contribution >= 4 is 23.6 Å². The van der Waals surface area contributed by atoms with Crippen LogP contribution in [0.25, 0.3) is 0 Å². The van der Waals surface area contributed by atoms with Crippen LogP contribution in [-0.4, -0.2) is 58.8 Å². The highest BCUT2D eigenvalue weighted by Gasteiger charge is 2.41. The first kappa shape index (κ1) is 20.2. The molecule has 2 fully saturated rings. The van der Waals surface area contributed by atoms with E-state index in [-0.39, 0.29) is 16.6 Å². The summed E-state index contributed by atoms with van der Waals surface area (Å²) in [5.41, 5.74) is 1.50. The SMILES string of the molecule is CCSC(C)C(=O)N1CCC2(CCC(=O)N(CCc3ccccc3)C2)CC1. The van der Waals surface area contributed by atoms with Crippen LogP contribution in [0.2, 0.25) is 0 Å². The number of benzene rings is 1. The molecule has 0 aliphatic carbocycles. The van der Waals surface area contributed by atoms with Crippen molar-refractivity contribution in [3.63, 3.8) is 0 Å². The van der Waals surface area contributed by atoms with Crippen molar-refractivity contribution in [3.8, 4) is 0 Å². The molecular formula is C22H32N2O2S. The van der Waals surface area contributed by atoms with Crippen LogP contribution in [0.3, 0.4) is 0 Å². The van der Waals surface area contributed by atoms with E-state index in [1.807, 2.05) is 17.9 Å². The molecule has 0 saturated carbocycles. The largest absolute Gasteiger partial charge is 0.342 e. The minimum atomic E-state index is 0.0550. The summed E-state index contributed by atoms with van der Waals surface area (Å²) in [5, 5.41) is 0.0550. The van der Waals surface area contributed by atoms with Gasteiger partial charge in [0.15, 0.2) is 0 Å². The van der Waals surface area contributed by atoms with E-state index in [4.69, 9.17) is 0 Å². The molecule has 0 N–H and O–H groups in total. The van der Waals surface area contributed by atoms with E-state index in [2.05, 4.69) is 36.1 Å². The summed E-state index contributed by atoms with van der Waals surface area (Å²) >= 11 is 1.72. The number of hydrogen-bond donors (Lipinski definition) is 0. The van der Waals surface area contributed by atoms with Gasteiger partial charge >= 0.3 is 0 Å². The van der Waals surface area contributed by atoms with E-state index in [0.717, 1.165) is 57.6 Å². The fourth-order valence-corrected chi connectivity index (χ4v) is 5.19. The van der Waals surface area contributed by atoms with Crippen molar-refractivity contribution in [3.05, 3.63) is 35.9 Å². The van der Waals surface area contributed by atoms with Gasteiger partial charge in [-0.15, -0.1) is 11.8 Å². The number of carbonyl (C=O) groups is 2. The third-order valence-electron chi connectivity index (χ3n) is 6.16. The lowest BCUT2D eigenvalue weighted by Crippen LogP contribution is -2.53. The summed E-state index contributed by atoms with van der Waals surface area (Å²) in [6, 6.07) is 10.4. The number of carbonyl (C=O) groups excluding carboxylic acids is 2. The molecular weight excluding hydrogens is 356 g/mol. The maximum Gasteiger partial charge on any atom is 0.235 e. The molecule has 148 valence electrons. The van der Waals surface area contributed by atoms with Gasteiger partial charge in [-0.05, 0) is 49.3 Å². The Morgan fingerprint density at radius 3 is 2.56 bits per heavy atom. The van der Waals surface area contributed by atoms with Crippen molar-refractivity contribution in [2.45, 2.75) is 51.2 Å². The molecule has 2 heterocycles. The second kappa shape index (κ2) is 9.13. The minimum Gasteiger partial charge on any atom is -0.342 e. The summed E-state index contributed by atoms with van der Waals surface area (Å²) in [5.74, 6) is 1.55. The fourth-order valence-electron chi connectivity index (χ4n) is 4.40. The van der Waals surface area contributed by atoms with Gasteiger partial charge in [-0.25, -0.2) is 0 Å². The first-order chi connectivity index (χ1) is 13.0. The van der Waals surface area contributed by atoms with Crippen LogP contribution in [0.1, 0.15) is 45.1 Å². The molecule has 2 aliphatic rings. The molecule has 1 unspecified atom stereocenters. The molecule has 1 spiro atoms. The van der Waals surface area contributed by atoms with Crippen molar-refractivity contribution in [2.75, 3.05) is 31.9 Å². The topological polar surface area (TPSA) is 40.6 Å². The number of piperidine rings is 2. The first-order valence-corrected chi connectivity index (χ1v) is 11.3. The zero-order valence-corrected chi connectivity index (χ0v) is 17.5. The van der Waals surface area contributed by atoms with Crippen molar-refractivity contribution in [1.82, 2.24) is 9.80 Å². The highest BCUT2D eigenvalue weighted by molar-refractivity contribution is 8.00. The van der Waals surface area contributed by atoms with E-state index in [0.29, 0.717) is 12.3 Å². The van der Waals surface area contributed by atoms with Crippen LogP contribution in [0, 0.1) is 5.41 Å². The van der Waals surface area contributed by atoms with E-state index in [1.54, 1.807) is 11.8 Å². The second-order valence-electron chi connectivity index (χ2n) is 7.97. The third kappa shape index (κ3) is 5.07. The van der Waals surface area contributed by atoms with Crippen LogP contribution >= 0.6 is 11.8 Å². The van der Waals surface area contributed by atoms with Crippen LogP contribution in [-0.2, 0) is 16.0 Å². The Balaban J connectivity index is 1.54. The third-order valence-corrected chi connectivity index (χ3v) is 7.20. The maximum absolute atomic E-state index is 12.6. The van der Waals surface area contributed by atoms with Gasteiger partial charge in [0.25, 0.3) is 0 Å². The molecule has 2 saturated heterocycles. The predicted octanol–water partition coefficient (Wildman–Crippen LogP) is 3.60. The van der Waals surface area contributed by atoms with E-state index in [9.17, 15) is 9.59 Å². The average molecular weight is 389 g/mol. The van der Waals surface area contributed by atoms with Crippen LogP contribution in [0.15, 0.2) is 30.3 Å². The van der Waals surface area contributed by atoms with Gasteiger partial charge in [-0.2, -0.15) is 0 Å². The number of likely N-dealkylation sites (tertiary alicyclic amines) is 2. The maximum atomic E-state index is 12.6. The lowest BCUT2D eigenvalue weighted by atomic mass is 9.72. The molecule has 1 aromatic carbocycles. The molecule has 0 aromatic heterocycles. The highest BCUT2D eigenvalue weighted by Crippen LogP contribution is 2.40. The summed E-state index contributed by atoms with van der Waals surface area (Å²) in [6.07, 6.45) is 4.60. The van der Waals surface area contributed by atoms with Gasteiger partial charge in [0.05, 0.1) is 5.25 Å². The number of amides is 2. The summed E-state index contributed by atoms with van der Waals surface area (Å²) in [4.78, 5) is 29.1. The van der Waals surface area contributed by atoms with Crippen molar-refractivity contribution in [1.29, 1.82) is 0 Å². The van der Waals surface area contributed by atoms with E-state index in [1.165, 1.54) is 5.56 Å². The molecule has 0 bridgehead atoms. The smallest absolute Gasteiger partial charge is 0.235 e. The molecule has 0 radical (unpaired) electrons. The Hall–Kier alpha value is -1.49. The zero-order chi connectivity index (χ0) is 19.3. The zero-order valence-electron chi connectivity index (χ0n) is 16.7. The predicted molar refractivity (Wildman–Crippen MR) is 112 cm³/mol. The lowest BCUT2D eigenvalue weighted by molar-refractivity contribution is -0.142. The summed E-state index contributed by atoms with van der Waals surface area (Å²) in [6.45, 7) is 7.47. The van der Waals surface area contributed by atoms with Crippen molar-refractivity contribution in [2.24, 2.45) is 5.41 Å². The molecule has 3 rings (SSSR count). The molecule has 4 nitrogen and oxygen atoms in total. The second-order valence-corrected chi connectivity index (χ2v) is 9.59. The van der Waals surface area contributed by atoms with Gasteiger partial charge in [0.2, 0.25) is 11.8 Å². The normalized spacial score (nSPS) is 20.7. The monoisotopic (exact) mass is 388 g/mol. The minimum absolute atomic E-state index is 0.0550. The van der Waals surface area contributed by atoms with Gasteiger partial charge in [-0.3, -0.25) is 9.59 Å². The molecule has 27 heavy (non-hydrogen) atoms. The summed E-state index contributed by atoms with van der Waals surface area (Å²) in [7, 11) is 0. The number of hydrogen-bond acceptors (Lipinski definition) is 3. The standard InChI is InChI=1S/C22H32N2O2S/c1-3-27-18(2)21(26)23-15-12-22(13-16-23)11-9-20(25)24(17-22)14-10-19-7-5-4-6-8-19/h4-8,18H,3,9-17H2,1-2H3. The highest BCUT2D eigenvalue weighted by atomic mass is 32.2. The molecule has 5 heteroatoms. The Morgan fingerprint density at radius 1 is 1.19 bits per heavy atom. The van der Waals surface area contributed by atoms with Gasteiger partial charge in [0.1, 0.15) is 0 Å². The fraction of sp³-hybridized carbons (Fsp3) is 0.636. The van der Waals surface area contributed by atoms with Gasteiger partial charge in [-0.1, -0.05) is 37.3 Å². The number of nitrogens with zero attached hydrogens (tertiary/aromatic N) is 2. The Bertz CT molecular complexity index is 641. The van der Waals surface area contributed by atoms with Crippen LogP contribution in [0.4, 0.5) is 0 Å². The van der Waals surface area contributed by atoms with E-state index < -0.39 is 0 Å². The lowest BCUT2D eigenvalue weighted by Gasteiger charge is -2.47. The molecule has 1 aromatic rings. The van der Waals surface area contributed by atoms with Gasteiger partial charge in [0, 0.05) is 32.6 Å². The molecule has 1 atom stereocenters. The van der Waals surface area contributed by atoms with E-state index >= 15 is 0 Å². The Morgan fingerprint density at radius 2 is 1.89 bits per heavy atom. The quantitative estimate of drug-likeness (QED) is 0.748. The molecule has 2 aliphatic heterocycles. The van der Waals surface area contributed by atoms with Crippen LogP contribution in [0.5, 0.6) is 0 Å². The Kier molecular flexibility index (Phi) is 6.85.